The van der Waals surface area contributed by atoms with Crippen LogP contribution in [0.1, 0.15) is 13.8 Å². The molecule has 0 aliphatic carbocycles. The van der Waals surface area contributed by atoms with Crippen molar-refractivity contribution in [2.24, 2.45) is 5.84 Å². The van der Waals surface area contributed by atoms with E-state index in [0.717, 1.165) is 16.7 Å². The number of fused-ring (bicyclic) bond motifs is 1. The maximum atomic E-state index is 11.3. The van der Waals surface area contributed by atoms with E-state index < -0.39 is 0 Å². The van der Waals surface area contributed by atoms with Gasteiger partial charge in [-0.15, -0.1) is 0 Å². The van der Waals surface area contributed by atoms with E-state index in [1.54, 1.807) is 0 Å². The Morgan fingerprint density at radius 1 is 1.44 bits per heavy atom. The zero-order valence-electron chi connectivity index (χ0n) is 10.5. The first-order valence-electron chi connectivity index (χ1n) is 5.85. The van der Waals surface area contributed by atoms with Crippen LogP contribution in [-0.4, -0.2) is 16.6 Å². The molecule has 3 N–H and O–H groups in total. The van der Waals surface area contributed by atoms with Gasteiger partial charge >= 0.3 is 0 Å². The lowest BCUT2D eigenvalue weighted by Gasteiger charge is -2.10. The van der Waals surface area contributed by atoms with Crippen molar-refractivity contribution in [3.63, 3.8) is 0 Å². The van der Waals surface area contributed by atoms with Crippen LogP contribution in [0.2, 0.25) is 0 Å². The molecule has 18 heavy (non-hydrogen) atoms. The van der Waals surface area contributed by atoms with E-state index in [-0.39, 0.29) is 18.6 Å². The quantitative estimate of drug-likeness (QED) is 0.487. The lowest BCUT2D eigenvalue weighted by atomic mass is 10.2. The first-order valence-corrected chi connectivity index (χ1v) is 5.85. The summed E-state index contributed by atoms with van der Waals surface area (Å²) in [4.78, 5) is 11.3. The molecule has 0 saturated heterocycles. The molecule has 0 unspecified atom stereocenters. The molecule has 2 aromatic rings. The summed E-state index contributed by atoms with van der Waals surface area (Å²) in [6.45, 7) is 4.19. The van der Waals surface area contributed by atoms with Gasteiger partial charge in [-0.25, -0.2) is 5.84 Å². The van der Waals surface area contributed by atoms with Gasteiger partial charge in [0.2, 0.25) is 0 Å². The molecule has 5 heteroatoms. The van der Waals surface area contributed by atoms with Crippen LogP contribution in [0.3, 0.4) is 0 Å². The SMILES string of the molecule is CC(C)Oc1ccc2c(ccn2CC(=O)NN)c1. The Morgan fingerprint density at radius 2 is 2.22 bits per heavy atom. The number of hydrogen-bond donors (Lipinski definition) is 2. The van der Waals surface area contributed by atoms with Crippen molar-refractivity contribution in [2.75, 3.05) is 0 Å². The zero-order valence-corrected chi connectivity index (χ0v) is 10.5. The fourth-order valence-corrected chi connectivity index (χ4v) is 1.86. The molecule has 1 amide bonds. The number of nitrogens with zero attached hydrogens (tertiary/aromatic N) is 1. The lowest BCUT2D eigenvalue weighted by molar-refractivity contribution is -0.121. The van der Waals surface area contributed by atoms with Gasteiger partial charge in [0.05, 0.1) is 6.10 Å². The molecule has 5 nitrogen and oxygen atoms in total. The van der Waals surface area contributed by atoms with E-state index in [2.05, 4.69) is 5.43 Å². The molecule has 0 bridgehead atoms. The number of aromatic nitrogens is 1. The Balaban J connectivity index is 2.28. The van der Waals surface area contributed by atoms with Gasteiger partial charge in [-0.1, -0.05) is 0 Å². The Bertz CT molecular complexity index is 560. The second kappa shape index (κ2) is 5.10. The number of hydrogen-bond acceptors (Lipinski definition) is 3. The summed E-state index contributed by atoms with van der Waals surface area (Å²) < 4.78 is 7.47. The van der Waals surface area contributed by atoms with Crippen LogP contribution in [0.25, 0.3) is 10.9 Å². The minimum atomic E-state index is -0.227. The van der Waals surface area contributed by atoms with Crippen LogP contribution < -0.4 is 16.0 Å². The molecular weight excluding hydrogens is 230 g/mol. The zero-order chi connectivity index (χ0) is 13.1. The van der Waals surface area contributed by atoms with Crippen molar-refractivity contribution in [3.8, 4) is 5.75 Å². The van der Waals surface area contributed by atoms with Crippen LogP contribution >= 0.6 is 0 Å². The van der Waals surface area contributed by atoms with Crippen molar-refractivity contribution >= 4 is 16.8 Å². The first kappa shape index (κ1) is 12.4. The molecule has 0 aliphatic rings. The molecule has 2 rings (SSSR count). The van der Waals surface area contributed by atoms with Gasteiger partial charge in [0.1, 0.15) is 12.3 Å². The highest BCUT2D eigenvalue weighted by Crippen LogP contribution is 2.22. The summed E-state index contributed by atoms with van der Waals surface area (Å²) in [7, 11) is 0. The number of hydrazine groups is 1. The molecule has 1 heterocycles. The van der Waals surface area contributed by atoms with Crippen molar-refractivity contribution in [1.29, 1.82) is 0 Å². The van der Waals surface area contributed by atoms with Crippen LogP contribution in [0.4, 0.5) is 0 Å². The molecule has 0 radical (unpaired) electrons. The monoisotopic (exact) mass is 247 g/mol. The number of ether oxygens (including phenoxy) is 1. The summed E-state index contributed by atoms with van der Waals surface area (Å²) >= 11 is 0. The van der Waals surface area contributed by atoms with Gasteiger partial charge < -0.3 is 9.30 Å². The van der Waals surface area contributed by atoms with E-state index in [9.17, 15) is 4.79 Å². The van der Waals surface area contributed by atoms with E-state index >= 15 is 0 Å². The second-order valence-corrected chi connectivity index (χ2v) is 4.40. The third kappa shape index (κ3) is 2.62. The topological polar surface area (TPSA) is 69.3 Å². The Morgan fingerprint density at radius 3 is 2.89 bits per heavy atom. The third-order valence-electron chi connectivity index (χ3n) is 2.59. The molecule has 1 aromatic carbocycles. The fraction of sp³-hybridized carbons (Fsp3) is 0.308. The average Bonchev–Trinajstić information content (AvgIpc) is 2.71. The van der Waals surface area contributed by atoms with Crippen molar-refractivity contribution in [2.45, 2.75) is 26.5 Å². The standard InChI is InChI=1S/C13H17N3O2/c1-9(2)18-11-3-4-12-10(7-11)5-6-16(12)8-13(17)15-14/h3-7,9H,8,14H2,1-2H3,(H,15,17). The Kier molecular flexibility index (Phi) is 3.53. The van der Waals surface area contributed by atoms with Crippen LogP contribution in [0, 0.1) is 0 Å². The van der Waals surface area contributed by atoms with Gasteiger partial charge in [-0.2, -0.15) is 0 Å². The number of carbonyl (C=O) groups excluding carboxylic acids is 1. The number of rotatable bonds is 4. The number of nitrogens with two attached hydrogens (primary N) is 1. The minimum Gasteiger partial charge on any atom is -0.491 e. The average molecular weight is 247 g/mol. The predicted molar refractivity (Wildman–Crippen MR) is 70.0 cm³/mol. The summed E-state index contributed by atoms with van der Waals surface area (Å²) in [5, 5.41) is 1.04. The highest BCUT2D eigenvalue weighted by molar-refractivity contribution is 5.84. The molecule has 0 spiro atoms. The lowest BCUT2D eigenvalue weighted by Crippen LogP contribution is -2.33. The minimum absolute atomic E-state index is 0.146. The fourth-order valence-electron chi connectivity index (χ4n) is 1.86. The molecule has 0 fully saturated rings. The van der Waals surface area contributed by atoms with E-state index in [4.69, 9.17) is 10.6 Å². The maximum Gasteiger partial charge on any atom is 0.253 e. The highest BCUT2D eigenvalue weighted by Gasteiger charge is 2.06. The van der Waals surface area contributed by atoms with E-state index in [0.29, 0.717) is 0 Å². The van der Waals surface area contributed by atoms with E-state index in [1.807, 2.05) is 48.9 Å². The summed E-state index contributed by atoms with van der Waals surface area (Å²) in [5.74, 6) is 5.68. The van der Waals surface area contributed by atoms with E-state index in [1.165, 1.54) is 0 Å². The Hall–Kier alpha value is -2.01. The first-order chi connectivity index (χ1) is 8.60. The normalized spacial score (nSPS) is 10.9. The maximum absolute atomic E-state index is 11.3. The largest absolute Gasteiger partial charge is 0.491 e. The molecule has 0 atom stereocenters. The smallest absolute Gasteiger partial charge is 0.253 e. The molecular formula is C13H17N3O2. The highest BCUT2D eigenvalue weighted by atomic mass is 16.5. The summed E-state index contributed by atoms with van der Waals surface area (Å²) in [5.41, 5.74) is 3.10. The number of nitrogens with one attached hydrogen (secondary N) is 1. The van der Waals surface area contributed by atoms with Crippen molar-refractivity contribution < 1.29 is 9.53 Å². The van der Waals surface area contributed by atoms with Crippen LogP contribution in [0.15, 0.2) is 30.5 Å². The summed E-state index contributed by atoms with van der Waals surface area (Å²) in [6.07, 6.45) is 2.01. The second-order valence-electron chi connectivity index (χ2n) is 4.40. The van der Waals surface area contributed by atoms with Gasteiger partial charge in [-0.05, 0) is 38.1 Å². The van der Waals surface area contributed by atoms with Gasteiger partial charge in [-0.3, -0.25) is 10.2 Å². The summed E-state index contributed by atoms with van der Waals surface area (Å²) in [6, 6.07) is 7.76. The van der Waals surface area contributed by atoms with Crippen molar-refractivity contribution in [1.82, 2.24) is 9.99 Å². The van der Waals surface area contributed by atoms with Crippen LogP contribution in [-0.2, 0) is 11.3 Å². The molecule has 0 saturated carbocycles. The number of carbonyl (C=O) groups is 1. The van der Waals surface area contributed by atoms with Gasteiger partial charge in [0, 0.05) is 17.1 Å². The van der Waals surface area contributed by atoms with Crippen molar-refractivity contribution in [3.05, 3.63) is 30.5 Å². The third-order valence-corrected chi connectivity index (χ3v) is 2.59. The molecule has 1 aromatic heterocycles. The molecule has 96 valence electrons. The molecule has 0 aliphatic heterocycles. The number of amides is 1. The van der Waals surface area contributed by atoms with Gasteiger partial charge in [0.15, 0.2) is 0 Å². The Labute approximate surface area is 105 Å². The predicted octanol–water partition coefficient (Wildman–Crippen LogP) is 1.42. The van der Waals surface area contributed by atoms with Crippen LogP contribution in [0.5, 0.6) is 5.75 Å². The van der Waals surface area contributed by atoms with Gasteiger partial charge in [0.25, 0.3) is 5.91 Å². The number of benzene rings is 1.